The Morgan fingerprint density at radius 2 is 2.18 bits per heavy atom. The molecule has 1 aliphatic carbocycles. The summed E-state index contributed by atoms with van der Waals surface area (Å²) in [6.07, 6.45) is 3.47. The lowest BCUT2D eigenvalue weighted by Crippen LogP contribution is -2.39. The number of rotatable bonds is 4. The summed E-state index contributed by atoms with van der Waals surface area (Å²) >= 11 is 0. The number of nitrogens with one attached hydrogen (secondary N) is 2. The number of amides is 1. The molecular weight excluding hydrogens is 212 g/mol. The lowest BCUT2D eigenvalue weighted by atomic mass is 9.93. The molecule has 2 rings (SSSR count). The van der Waals surface area contributed by atoms with Crippen LogP contribution in [0.1, 0.15) is 42.1 Å². The Kier molecular flexibility index (Phi) is 3.67. The molecule has 1 aromatic rings. The summed E-state index contributed by atoms with van der Waals surface area (Å²) in [7, 11) is 0. The lowest BCUT2D eigenvalue weighted by molar-refractivity contribution is 0.0917. The molecular formula is C14H20N2O. The van der Waals surface area contributed by atoms with Crippen molar-refractivity contribution in [3.8, 4) is 0 Å². The number of hydrogen-bond donors (Lipinski definition) is 2. The van der Waals surface area contributed by atoms with Crippen LogP contribution in [0.15, 0.2) is 18.2 Å². The topological polar surface area (TPSA) is 41.1 Å². The van der Waals surface area contributed by atoms with Gasteiger partial charge in [-0.15, -0.1) is 0 Å². The minimum absolute atomic E-state index is 0.0503. The molecule has 0 radical (unpaired) electrons. The Morgan fingerprint density at radius 1 is 1.41 bits per heavy atom. The second-order valence-corrected chi connectivity index (χ2v) is 4.68. The van der Waals surface area contributed by atoms with Gasteiger partial charge in [0.1, 0.15) is 0 Å². The Bertz CT molecular complexity index is 411. The van der Waals surface area contributed by atoms with E-state index in [0.717, 1.165) is 36.2 Å². The van der Waals surface area contributed by atoms with Gasteiger partial charge in [-0.2, -0.15) is 0 Å². The average molecular weight is 232 g/mol. The van der Waals surface area contributed by atoms with Gasteiger partial charge in [0.05, 0.1) is 5.56 Å². The molecule has 1 aliphatic rings. The fourth-order valence-electron chi connectivity index (χ4n) is 2.01. The van der Waals surface area contributed by atoms with Gasteiger partial charge in [-0.3, -0.25) is 4.79 Å². The molecule has 0 atom stereocenters. The van der Waals surface area contributed by atoms with E-state index in [1.807, 2.05) is 32.0 Å². The summed E-state index contributed by atoms with van der Waals surface area (Å²) < 4.78 is 0. The lowest BCUT2D eigenvalue weighted by Gasteiger charge is -2.26. The van der Waals surface area contributed by atoms with E-state index in [-0.39, 0.29) is 5.91 Å². The first-order chi connectivity index (χ1) is 8.20. The predicted molar refractivity (Wildman–Crippen MR) is 70.4 cm³/mol. The molecule has 0 saturated heterocycles. The molecule has 2 N–H and O–H groups in total. The monoisotopic (exact) mass is 232 g/mol. The van der Waals surface area contributed by atoms with Gasteiger partial charge in [-0.1, -0.05) is 11.6 Å². The standard InChI is InChI=1S/C14H20N2O/c1-3-15-13-8-7-10(2)9-12(13)14(17)16-11-5-4-6-11/h7-9,11,15H,3-6H2,1-2H3,(H,16,17). The zero-order valence-corrected chi connectivity index (χ0v) is 10.5. The number of benzene rings is 1. The first-order valence-electron chi connectivity index (χ1n) is 6.36. The molecule has 0 unspecified atom stereocenters. The maximum atomic E-state index is 12.1. The van der Waals surface area contributed by atoms with Crippen molar-refractivity contribution < 1.29 is 4.79 Å². The molecule has 1 amide bonds. The normalized spacial score (nSPS) is 15.2. The van der Waals surface area contributed by atoms with Crippen molar-refractivity contribution in [2.24, 2.45) is 0 Å². The summed E-state index contributed by atoms with van der Waals surface area (Å²) in [6.45, 7) is 4.87. The van der Waals surface area contributed by atoms with Crippen LogP contribution in [0, 0.1) is 6.92 Å². The van der Waals surface area contributed by atoms with E-state index >= 15 is 0 Å². The van der Waals surface area contributed by atoms with Crippen LogP contribution in [0.5, 0.6) is 0 Å². The predicted octanol–water partition coefficient (Wildman–Crippen LogP) is 2.71. The van der Waals surface area contributed by atoms with Crippen LogP contribution in [0.25, 0.3) is 0 Å². The van der Waals surface area contributed by atoms with Crippen molar-refractivity contribution in [3.63, 3.8) is 0 Å². The van der Waals surface area contributed by atoms with Crippen LogP contribution in [0.4, 0.5) is 5.69 Å². The van der Waals surface area contributed by atoms with Crippen molar-refractivity contribution in [1.82, 2.24) is 5.32 Å². The van der Waals surface area contributed by atoms with Gasteiger partial charge in [0.15, 0.2) is 0 Å². The summed E-state index contributed by atoms with van der Waals surface area (Å²) in [5.41, 5.74) is 2.80. The van der Waals surface area contributed by atoms with Gasteiger partial charge in [-0.25, -0.2) is 0 Å². The second kappa shape index (κ2) is 5.21. The highest BCUT2D eigenvalue weighted by atomic mass is 16.1. The fourth-order valence-corrected chi connectivity index (χ4v) is 2.01. The quantitative estimate of drug-likeness (QED) is 0.838. The highest BCUT2D eigenvalue weighted by molar-refractivity contribution is 6.00. The maximum Gasteiger partial charge on any atom is 0.253 e. The zero-order chi connectivity index (χ0) is 12.3. The third-order valence-corrected chi connectivity index (χ3v) is 3.23. The van der Waals surface area contributed by atoms with Gasteiger partial charge in [-0.05, 0) is 45.2 Å². The SMILES string of the molecule is CCNc1ccc(C)cc1C(=O)NC1CCC1. The van der Waals surface area contributed by atoms with Crippen molar-refractivity contribution in [1.29, 1.82) is 0 Å². The van der Waals surface area contributed by atoms with E-state index in [1.54, 1.807) is 0 Å². The number of hydrogen-bond acceptors (Lipinski definition) is 2. The third kappa shape index (κ3) is 2.78. The summed E-state index contributed by atoms with van der Waals surface area (Å²) in [6, 6.07) is 6.34. The molecule has 0 heterocycles. The Hall–Kier alpha value is -1.51. The molecule has 1 fully saturated rings. The van der Waals surface area contributed by atoms with E-state index in [2.05, 4.69) is 10.6 Å². The molecule has 0 aliphatic heterocycles. The Morgan fingerprint density at radius 3 is 2.76 bits per heavy atom. The minimum atomic E-state index is 0.0503. The van der Waals surface area contributed by atoms with Gasteiger partial charge in [0, 0.05) is 18.3 Å². The van der Waals surface area contributed by atoms with E-state index in [1.165, 1.54) is 6.42 Å². The summed E-state index contributed by atoms with van der Waals surface area (Å²) in [4.78, 5) is 12.1. The molecule has 17 heavy (non-hydrogen) atoms. The van der Waals surface area contributed by atoms with Crippen LogP contribution in [0.2, 0.25) is 0 Å². The second-order valence-electron chi connectivity index (χ2n) is 4.68. The van der Waals surface area contributed by atoms with Crippen molar-refractivity contribution in [2.75, 3.05) is 11.9 Å². The number of anilines is 1. The van der Waals surface area contributed by atoms with Gasteiger partial charge >= 0.3 is 0 Å². The number of carbonyl (C=O) groups excluding carboxylic acids is 1. The van der Waals surface area contributed by atoms with Gasteiger partial charge in [0.2, 0.25) is 0 Å². The van der Waals surface area contributed by atoms with Gasteiger partial charge < -0.3 is 10.6 Å². The Labute approximate surface area is 103 Å². The first kappa shape index (κ1) is 12.0. The smallest absolute Gasteiger partial charge is 0.253 e. The van der Waals surface area contributed by atoms with Crippen LogP contribution in [-0.4, -0.2) is 18.5 Å². The van der Waals surface area contributed by atoms with E-state index < -0.39 is 0 Å². The molecule has 1 aromatic carbocycles. The van der Waals surface area contributed by atoms with E-state index in [4.69, 9.17) is 0 Å². The molecule has 92 valence electrons. The number of carbonyl (C=O) groups is 1. The van der Waals surface area contributed by atoms with Crippen LogP contribution in [0.3, 0.4) is 0 Å². The molecule has 0 bridgehead atoms. The summed E-state index contributed by atoms with van der Waals surface area (Å²) in [5.74, 6) is 0.0503. The molecule has 0 aromatic heterocycles. The van der Waals surface area contributed by atoms with Crippen molar-refractivity contribution in [2.45, 2.75) is 39.2 Å². The van der Waals surface area contributed by atoms with E-state index in [9.17, 15) is 4.79 Å². The van der Waals surface area contributed by atoms with Crippen molar-refractivity contribution in [3.05, 3.63) is 29.3 Å². The summed E-state index contributed by atoms with van der Waals surface area (Å²) in [5, 5.41) is 6.31. The number of aryl methyl sites for hydroxylation is 1. The molecule has 0 spiro atoms. The van der Waals surface area contributed by atoms with Gasteiger partial charge in [0.25, 0.3) is 5.91 Å². The van der Waals surface area contributed by atoms with Crippen LogP contribution in [-0.2, 0) is 0 Å². The Balaban J connectivity index is 2.15. The minimum Gasteiger partial charge on any atom is -0.385 e. The molecule has 3 heteroatoms. The largest absolute Gasteiger partial charge is 0.385 e. The van der Waals surface area contributed by atoms with Crippen LogP contribution < -0.4 is 10.6 Å². The van der Waals surface area contributed by atoms with E-state index in [0.29, 0.717) is 6.04 Å². The third-order valence-electron chi connectivity index (χ3n) is 3.23. The highest BCUT2D eigenvalue weighted by Gasteiger charge is 2.21. The van der Waals surface area contributed by atoms with Crippen molar-refractivity contribution >= 4 is 11.6 Å². The van der Waals surface area contributed by atoms with Crippen LogP contribution >= 0.6 is 0 Å². The molecule has 1 saturated carbocycles. The zero-order valence-electron chi connectivity index (χ0n) is 10.5. The maximum absolute atomic E-state index is 12.1. The fraction of sp³-hybridized carbons (Fsp3) is 0.500. The first-order valence-corrected chi connectivity index (χ1v) is 6.36. The average Bonchev–Trinajstić information content (AvgIpc) is 2.26. The highest BCUT2D eigenvalue weighted by Crippen LogP contribution is 2.21. The molecule has 3 nitrogen and oxygen atoms in total.